The van der Waals surface area contributed by atoms with Crippen molar-refractivity contribution in [3.8, 4) is 22.5 Å². The summed E-state index contributed by atoms with van der Waals surface area (Å²) in [6, 6.07) is 15.5. The Labute approximate surface area is 204 Å². The molecule has 0 saturated heterocycles. The molecule has 0 unspecified atom stereocenters. The van der Waals surface area contributed by atoms with E-state index in [9.17, 15) is 0 Å². The molecule has 0 saturated carbocycles. The molecule has 33 heavy (non-hydrogen) atoms. The minimum Gasteiger partial charge on any atom is -0.356 e. The van der Waals surface area contributed by atoms with Gasteiger partial charge in [0.2, 0.25) is 11.9 Å². The van der Waals surface area contributed by atoms with Crippen molar-refractivity contribution in [2.24, 2.45) is 0 Å². The van der Waals surface area contributed by atoms with E-state index < -0.39 is 0 Å². The van der Waals surface area contributed by atoms with Gasteiger partial charge in [0.25, 0.3) is 0 Å². The third kappa shape index (κ3) is 7.01. The topological polar surface area (TPSA) is 81.4 Å². The molecule has 0 aliphatic rings. The number of H-pyrrole nitrogens is 2. The summed E-state index contributed by atoms with van der Waals surface area (Å²) in [4.78, 5) is 15.4. The van der Waals surface area contributed by atoms with Crippen LogP contribution in [-0.4, -0.2) is 33.0 Å². The number of imidazole rings is 2. The van der Waals surface area contributed by atoms with Crippen molar-refractivity contribution < 1.29 is 0 Å². The second-order valence-electron chi connectivity index (χ2n) is 7.93. The molecule has 0 aliphatic carbocycles. The predicted molar refractivity (Wildman–Crippen MR) is 138 cm³/mol. The van der Waals surface area contributed by atoms with Gasteiger partial charge in [-0.3, -0.25) is 0 Å². The maximum absolute atomic E-state index is 5.95. The molecule has 4 N–H and O–H groups in total. The van der Waals surface area contributed by atoms with Gasteiger partial charge in [0, 0.05) is 23.1 Å². The summed E-state index contributed by atoms with van der Waals surface area (Å²) in [5, 5.41) is 8.19. The maximum atomic E-state index is 5.95. The van der Waals surface area contributed by atoms with E-state index in [1.54, 1.807) is 0 Å². The Morgan fingerprint density at radius 3 is 1.39 bits per heavy atom. The molecule has 8 heteroatoms. The lowest BCUT2D eigenvalue weighted by molar-refractivity contribution is 0.634. The number of benzene rings is 2. The van der Waals surface area contributed by atoms with E-state index in [1.165, 1.54) is 19.3 Å². The van der Waals surface area contributed by atoms with Gasteiger partial charge in [0.05, 0.1) is 23.8 Å². The summed E-state index contributed by atoms with van der Waals surface area (Å²) in [5.74, 6) is 1.61. The van der Waals surface area contributed by atoms with Gasteiger partial charge >= 0.3 is 0 Å². The zero-order chi connectivity index (χ0) is 22.9. The quantitative estimate of drug-likeness (QED) is 0.160. The van der Waals surface area contributed by atoms with Crippen LogP contribution in [-0.2, 0) is 0 Å². The molecular formula is C25H28Cl2N6. The zero-order valence-corrected chi connectivity index (χ0v) is 19.9. The SMILES string of the molecule is Clc1ccc(-c2cnc(NCCCCCCCNc3ncc(-c4ccc(Cl)cc4)[nH]3)[nH]2)cc1. The first-order valence-electron chi connectivity index (χ1n) is 11.3. The number of hydrogen-bond donors (Lipinski definition) is 4. The summed E-state index contributed by atoms with van der Waals surface area (Å²) >= 11 is 11.9. The van der Waals surface area contributed by atoms with Gasteiger partial charge in [0.1, 0.15) is 0 Å². The third-order valence-corrected chi connectivity index (χ3v) is 5.90. The molecule has 0 atom stereocenters. The largest absolute Gasteiger partial charge is 0.356 e. The Bertz CT molecular complexity index is 1030. The first kappa shape index (κ1) is 23.2. The molecule has 0 aliphatic heterocycles. The van der Waals surface area contributed by atoms with Crippen molar-refractivity contribution in [3.63, 3.8) is 0 Å². The molecule has 4 aromatic rings. The number of nitrogens with zero attached hydrogens (tertiary/aromatic N) is 2. The summed E-state index contributed by atoms with van der Waals surface area (Å²) < 4.78 is 0. The Morgan fingerprint density at radius 2 is 0.970 bits per heavy atom. The normalized spacial score (nSPS) is 11.0. The van der Waals surface area contributed by atoms with Gasteiger partial charge < -0.3 is 20.6 Å². The number of anilines is 2. The van der Waals surface area contributed by atoms with Gasteiger partial charge in [-0.15, -0.1) is 0 Å². The summed E-state index contributed by atoms with van der Waals surface area (Å²) in [7, 11) is 0. The second kappa shape index (κ2) is 11.8. The molecule has 0 bridgehead atoms. The number of nitrogens with one attached hydrogen (secondary N) is 4. The predicted octanol–water partition coefficient (Wildman–Crippen LogP) is 7.25. The summed E-state index contributed by atoms with van der Waals surface area (Å²) in [5.41, 5.74) is 4.12. The highest BCUT2D eigenvalue weighted by molar-refractivity contribution is 6.30. The van der Waals surface area contributed by atoms with Crippen LogP contribution < -0.4 is 10.6 Å². The molecule has 0 amide bonds. The van der Waals surface area contributed by atoms with Gasteiger partial charge in [-0.1, -0.05) is 66.7 Å². The maximum Gasteiger partial charge on any atom is 0.200 e. The van der Waals surface area contributed by atoms with Crippen molar-refractivity contribution in [2.45, 2.75) is 32.1 Å². The standard InChI is InChI=1S/C25H28Cl2N6/c26-20-10-6-18(7-11-20)22-16-30-24(32-22)28-14-4-2-1-3-5-15-29-25-31-17-23(33-25)19-8-12-21(27)13-9-19/h6-13,16-17H,1-5,14-15H2,(H2,28,30,32)(H2,29,31,33). The fourth-order valence-electron chi connectivity index (χ4n) is 3.57. The van der Waals surface area contributed by atoms with Crippen LogP contribution in [0.5, 0.6) is 0 Å². The molecule has 2 heterocycles. The van der Waals surface area contributed by atoms with E-state index in [2.05, 4.69) is 30.6 Å². The number of aromatic nitrogens is 4. The van der Waals surface area contributed by atoms with Crippen LogP contribution in [0.4, 0.5) is 11.9 Å². The fraction of sp³-hybridized carbons (Fsp3) is 0.280. The van der Waals surface area contributed by atoms with E-state index in [0.717, 1.165) is 70.4 Å². The van der Waals surface area contributed by atoms with E-state index in [-0.39, 0.29) is 0 Å². The lowest BCUT2D eigenvalue weighted by Gasteiger charge is -2.05. The van der Waals surface area contributed by atoms with E-state index in [4.69, 9.17) is 23.2 Å². The first-order valence-corrected chi connectivity index (χ1v) is 12.0. The first-order chi connectivity index (χ1) is 16.2. The van der Waals surface area contributed by atoms with Crippen LogP contribution >= 0.6 is 23.2 Å². The number of unbranched alkanes of at least 4 members (excludes halogenated alkanes) is 4. The van der Waals surface area contributed by atoms with Gasteiger partial charge in [-0.05, 0) is 48.2 Å². The van der Waals surface area contributed by atoms with Crippen LogP contribution in [0.2, 0.25) is 10.0 Å². The number of aromatic amines is 2. The van der Waals surface area contributed by atoms with Crippen molar-refractivity contribution in [3.05, 3.63) is 71.0 Å². The third-order valence-electron chi connectivity index (χ3n) is 5.40. The van der Waals surface area contributed by atoms with Gasteiger partial charge in [0.15, 0.2) is 0 Å². The fourth-order valence-corrected chi connectivity index (χ4v) is 3.82. The van der Waals surface area contributed by atoms with Crippen LogP contribution in [0.1, 0.15) is 32.1 Å². The van der Waals surface area contributed by atoms with E-state index in [1.807, 2.05) is 60.9 Å². The van der Waals surface area contributed by atoms with Crippen LogP contribution in [0, 0.1) is 0 Å². The Kier molecular flexibility index (Phi) is 8.28. The summed E-state index contributed by atoms with van der Waals surface area (Å²) in [6.45, 7) is 1.82. The number of rotatable bonds is 12. The molecule has 2 aromatic carbocycles. The zero-order valence-electron chi connectivity index (χ0n) is 18.4. The monoisotopic (exact) mass is 482 g/mol. The molecular weight excluding hydrogens is 455 g/mol. The minimum atomic E-state index is 0.733. The van der Waals surface area contributed by atoms with Crippen molar-refractivity contribution in [2.75, 3.05) is 23.7 Å². The van der Waals surface area contributed by atoms with E-state index >= 15 is 0 Å². The lowest BCUT2D eigenvalue weighted by Crippen LogP contribution is -2.04. The van der Waals surface area contributed by atoms with E-state index in [0.29, 0.717) is 0 Å². The smallest absolute Gasteiger partial charge is 0.200 e. The second-order valence-corrected chi connectivity index (χ2v) is 8.80. The minimum absolute atomic E-state index is 0.733. The van der Waals surface area contributed by atoms with Crippen LogP contribution in [0.15, 0.2) is 60.9 Å². The highest BCUT2D eigenvalue weighted by atomic mass is 35.5. The van der Waals surface area contributed by atoms with Crippen LogP contribution in [0.25, 0.3) is 22.5 Å². The highest BCUT2D eigenvalue weighted by Crippen LogP contribution is 2.22. The average molecular weight is 483 g/mol. The van der Waals surface area contributed by atoms with Crippen LogP contribution in [0.3, 0.4) is 0 Å². The Hall–Kier alpha value is -2.96. The molecule has 6 nitrogen and oxygen atoms in total. The number of halogens is 2. The van der Waals surface area contributed by atoms with Crippen molar-refractivity contribution in [1.29, 1.82) is 0 Å². The molecule has 172 valence electrons. The number of hydrogen-bond acceptors (Lipinski definition) is 4. The summed E-state index contributed by atoms with van der Waals surface area (Å²) in [6.07, 6.45) is 9.52. The molecule has 0 spiro atoms. The molecule has 0 fully saturated rings. The Morgan fingerprint density at radius 1 is 0.576 bits per heavy atom. The van der Waals surface area contributed by atoms with Crippen molar-refractivity contribution in [1.82, 2.24) is 19.9 Å². The molecule has 2 aromatic heterocycles. The van der Waals surface area contributed by atoms with Gasteiger partial charge in [-0.2, -0.15) is 0 Å². The lowest BCUT2D eigenvalue weighted by atomic mass is 10.1. The highest BCUT2D eigenvalue weighted by Gasteiger charge is 2.04. The molecule has 0 radical (unpaired) electrons. The van der Waals surface area contributed by atoms with Crippen molar-refractivity contribution >= 4 is 35.1 Å². The average Bonchev–Trinajstić information content (AvgIpc) is 3.49. The Balaban J connectivity index is 1.06. The molecule has 4 rings (SSSR count). The van der Waals surface area contributed by atoms with Gasteiger partial charge in [-0.25, -0.2) is 9.97 Å².